The molecule has 31 heavy (non-hydrogen) atoms. The molecule has 8 nitrogen and oxygen atoms in total. The SMILES string of the molecule is COc1cc(/C=C(/C#N)C(=O)Nc2sc3c(c2C(N)=O)CCCC3)cc(OC)c1OC. The van der Waals surface area contributed by atoms with Crippen LogP contribution >= 0.6 is 11.3 Å². The van der Waals surface area contributed by atoms with Crippen LogP contribution < -0.4 is 25.3 Å². The fourth-order valence-corrected chi connectivity index (χ4v) is 4.87. The highest BCUT2D eigenvalue weighted by Crippen LogP contribution is 2.40. The molecule has 1 aromatic carbocycles. The van der Waals surface area contributed by atoms with Gasteiger partial charge < -0.3 is 25.3 Å². The van der Waals surface area contributed by atoms with Crippen LogP contribution in [0.1, 0.15) is 39.2 Å². The summed E-state index contributed by atoms with van der Waals surface area (Å²) in [4.78, 5) is 25.9. The van der Waals surface area contributed by atoms with Crippen molar-refractivity contribution >= 4 is 34.2 Å². The van der Waals surface area contributed by atoms with Gasteiger partial charge in [0.05, 0.1) is 26.9 Å². The van der Waals surface area contributed by atoms with E-state index in [2.05, 4.69) is 5.32 Å². The van der Waals surface area contributed by atoms with Crippen molar-refractivity contribution in [3.05, 3.63) is 39.3 Å². The van der Waals surface area contributed by atoms with Gasteiger partial charge in [0, 0.05) is 4.88 Å². The number of thiophene rings is 1. The van der Waals surface area contributed by atoms with E-state index in [1.165, 1.54) is 38.7 Å². The van der Waals surface area contributed by atoms with E-state index < -0.39 is 11.8 Å². The quantitative estimate of drug-likeness (QED) is 0.502. The molecule has 1 aromatic heterocycles. The van der Waals surface area contributed by atoms with E-state index in [1.807, 2.05) is 6.07 Å². The van der Waals surface area contributed by atoms with Crippen LogP contribution in [0.25, 0.3) is 6.08 Å². The van der Waals surface area contributed by atoms with Gasteiger partial charge in [-0.05, 0) is 55.0 Å². The van der Waals surface area contributed by atoms with Crippen molar-refractivity contribution in [3.8, 4) is 23.3 Å². The van der Waals surface area contributed by atoms with Crippen LogP contribution in [0.4, 0.5) is 5.00 Å². The Morgan fingerprint density at radius 1 is 1.13 bits per heavy atom. The van der Waals surface area contributed by atoms with Gasteiger partial charge in [0.15, 0.2) is 11.5 Å². The molecule has 0 saturated carbocycles. The number of hydrogen-bond donors (Lipinski definition) is 2. The zero-order valence-electron chi connectivity index (χ0n) is 17.5. The number of primary amides is 1. The van der Waals surface area contributed by atoms with Gasteiger partial charge in [0.25, 0.3) is 11.8 Å². The van der Waals surface area contributed by atoms with Gasteiger partial charge in [-0.2, -0.15) is 5.26 Å². The Bertz CT molecular complexity index is 1070. The maximum atomic E-state index is 12.8. The van der Waals surface area contributed by atoms with Crippen molar-refractivity contribution in [1.82, 2.24) is 0 Å². The number of nitrogens with two attached hydrogens (primary N) is 1. The Hall–Kier alpha value is -3.51. The number of fused-ring (bicyclic) bond motifs is 1. The summed E-state index contributed by atoms with van der Waals surface area (Å²) in [5.41, 5.74) is 7.21. The van der Waals surface area contributed by atoms with Gasteiger partial charge in [0.2, 0.25) is 5.75 Å². The summed E-state index contributed by atoms with van der Waals surface area (Å²) < 4.78 is 15.9. The molecule has 0 radical (unpaired) electrons. The van der Waals surface area contributed by atoms with E-state index in [-0.39, 0.29) is 5.57 Å². The fourth-order valence-electron chi connectivity index (χ4n) is 3.59. The maximum absolute atomic E-state index is 12.8. The number of methoxy groups -OCH3 is 3. The lowest BCUT2D eigenvalue weighted by Gasteiger charge is -2.13. The number of carbonyl (C=O) groups excluding carboxylic acids is 2. The number of nitriles is 1. The Labute approximate surface area is 184 Å². The van der Waals surface area contributed by atoms with Gasteiger partial charge in [-0.1, -0.05) is 0 Å². The molecule has 1 heterocycles. The first-order valence-electron chi connectivity index (χ1n) is 9.61. The number of rotatable bonds is 7. The lowest BCUT2D eigenvalue weighted by molar-refractivity contribution is -0.112. The fraction of sp³-hybridized carbons (Fsp3) is 0.318. The van der Waals surface area contributed by atoms with E-state index in [1.54, 1.807) is 12.1 Å². The lowest BCUT2D eigenvalue weighted by Crippen LogP contribution is -2.19. The number of anilines is 1. The predicted molar refractivity (Wildman–Crippen MR) is 118 cm³/mol. The van der Waals surface area contributed by atoms with Crippen molar-refractivity contribution in [3.63, 3.8) is 0 Å². The molecule has 9 heteroatoms. The van der Waals surface area contributed by atoms with Crippen molar-refractivity contribution in [1.29, 1.82) is 5.26 Å². The smallest absolute Gasteiger partial charge is 0.266 e. The summed E-state index contributed by atoms with van der Waals surface area (Å²) in [6.07, 6.45) is 5.03. The molecule has 162 valence electrons. The lowest BCUT2D eigenvalue weighted by atomic mass is 9.95. The summed E-state index contributed by atoms with van der Waals surface area (Å²) >= 11 is 1.34. The van der Waals surface area contributed by atoms with Gasteiger partial charge in [-0.15, -0.1) is 11.3 Å². The molecule has 0 saturated heterocycles. The summed E-state index contributed by atoms with van der Waals surface area (Å²) in [6.45, 7) is 0. The summed E-state index contributed by atoms with van der Waals surface area (Å²) in [5.74, 6) is -0.0139. The minimum absolute atomic E-state index is 0.143. The zero-order valence-corrected chi connectivity index (χ0v) is 18.4. The molecule has 0 bridgehead atoms. The molecule has 1 aliphatic rings. The van der Waals surface area contributed by atoms with Crippen LogP contribution in [0.15, 0.2) is 17.7 Å². The Kier molecular flexibility index (Phi) is 6.82. The number of hydrogen-bond acceptors (Lipinski definition) is 7. The molecular weight excluding hydrogens is 418 g/mol. The Morgan fingerprint density at radius 2 is 1.77 bits per heavy atom. The molecule has 0 atom stereocenters. The maximum Gasteiger partial charge on any atom is 0.266 e. The van der Waals surface area contributed by atoms with E-state index in [9.17, 15) is 14.9 Å². The van der Waals surface area contributed by atoms with E-state index in [4.69, 9.17) is 19.9 Å². The highest BCUT2D eigenvalue weighted by Gasteiger charge is 2.25. The standard InChI is InChI=1S/C22H23N3O5S/c1-28-15-9-12(10-16(29-2)19(15)30-3)8-13(11-23)21(27)25-22-18(20(24)26)14-6-4-5-7-17(14)31-22/h8-10H,4-7H2,1-3H3,(H2,24,26)(H,25,27)/b13-8-. The van der Waals surface area contributed by atoms with E-state index in [0.29, 0.717) is 33.4 Å². The topological polar surface area (TPSA) is 124 Å². The first kappa shape index (κ1) is 22.2. The summed E-state index contributed by atoms with van der Waals surface area (Å²) in [6, 6.07) is 5.17. The van der Waals surface area contributed by atoms with E-state index in [0.717, 1.165) is 36.1 Å². The first-order valence-corrected chi connectivity index (χ1v) is 10.4. The average molecular weight is 442 g/mol. The van der Waals surface area contributed by atoms with Crippen LogP contribution in [0.3, 0.4) is 0 Å². The van der Waals surface area contributed by atoms with Crippen molar-refractivity contribution in [2.24, 2.45) is 5.73 Å². The van der Waals surface area contributed by atoms with Gasteiger partial charge in [-0.3, -0.25) is 9.59 Å². The highest BCUT2D eigenvalue weighted by molar-refractivity contribution is 7.17. The van der Waals surface area contributed by atoms with Gasteiger partial charge in [0.1, 0.15) is 16.6 Å². The Morgan fingerprint density at radius 3 is 2.32 bits per heavy atom. The third kappa shape index (κ3) is 4.49. The summed E-state index contributed by atoms with van der Waals surface area (Å²) in [7, 11) is 4.44. The third-order valence-corrected chi connectivity index (χ3v) is 6.22. The van der Waals surface area contributed by atoms with Crippen molar-refractivity contribution < 1.29 is 23.8 Å². The number of nitrogens with one attached hydrogen (secondary N) is 1. The number of amides is 2. The monoisotopic (exact) mass is 441 g/mol. The van der Waals surface area contributed by atoms with Gasteiger partial charge in [-0.25, -0.2) is 0 Å². The number of ether oxygens (including phenoxy) is 3. The number of aryl methyl sites for hydroxylation is 1. The number of nitrogens with zero attached hydrogens (tertiary/aromatic N) is 1. The van der Waals surface area contributed by atoms with E-state index >= 15 is 0 Å². The normalized spacial score (nSPS) is 13.0. The minimum Gasteiger partial charge on any atom is -0.493 e. The second kappa shape index (κ2) is 9.53. The average Bonchev–Trinajstić information content (AvgIpc) is 3.14. The van der Waals surface area contributed by atoms with Crippen LogP contribution in [-0.2, 0) is 17.6 Å². The predicted octanol–water partition coefficient (Wildman–Crippen LogP) is 3.30. The molecule has 1 aliphatic carbocycles. The molecule has 3 N–H and O–H groups in total. The highest BCUT2D eigenvalue weighted by atomic mass is 32.1. The van der Waals surface area contributed by atoms with Crippen molar-refractivity contribution in [2.75, 3.05) is 26.6 Å². The molecule has 3 rings (SSSR count). The largest absolute Gasteiger partial charge is 0.493 e. The molecule has 0 fully saturated rings. The second-order valence-electron chi connectivity index (χ2n) is 6.86. The van der Waals surface area contributed by atoms with Crippen LogP contribution in [-0.4, -0.2) is 33.1 Å². The van der Waals surface area contributed by atoms with Crippen LogP contribution in [0.2, 0.25) is 0 Å². The minimum atomic E-state index is -0.627. The third-order valence-electron chi connectivity index (χ3n) is 5.01. The molecule has 2 amide bonds. The summed E-state index contributed by atoms with van der Waals surface area (Å²) in [5, 5.41) is 12.7. The van der Waals surface area contributed by atoms with Crippen LogP contribution in [0.5, 0.6) is 17.2 Å². The zero-order chi connectivity index (χ0) is 22.5. The molecule has 0 aliphatic heterocycles. The molecule has 2 aromatic rings. The molecular formula is C22H23N3O5S. The van der Waals surface area contributed by atoms with Crippen LogP contribution in [0, 0.1) is 11.3 Å². The Balaban J connectivity index is 1.95. The number of benzene rings is 1. The van der Waals surface area contributed by atoms with Crippen molar-refractivity contribution in [2.45, 2.75) is 25.7 Å². The number of carbonyl (C=O) groups is 2. The second-order valence-corrected chi connectivity index (χ2v) is 7.97. The van der Waals surface area contributed by atoms with Gasteiger partial charge >= 0.3 is 0 Å². The molecule has 0 spiro atoms. The molecule has 0 unspecified atom stereocenters. The first-order chi connectivity index (χ1) is 14.9.